The second-order valence-electron chi connectivity index (χ2n) is 6.76. The number of fused-ring (bicyclic) bond motifs is 1. The number of pyridine rings is 1. The summed E-state index contributed by atoms with van der Waals surface area (Å²) in [5, 5.41) is 18.0. The second kappa shape index (κ2) is 9.49. The standard InChI is InChI=1S/C23H16ClFIN5O/c24-13-8-14(26)10-16(9-13)29-19-2-1-3-20-17(19)5-6-21(30-20)22(31-27)12-28-15-4-7-23(32)18(25)11-15/h1-12,29,32H,27H2. The Morgan fingerprint density at radius 1 is 1.12 bits per heavy atom. The summed E-state index contributed by atoms with van der Waals surface area (Å²) in [4.78, 5) is 8.82. The van der Waals surface area contributed by atoms with Gasteiger partial charge in [-0.25, -0.2) is 9.37 Å². The number of anilines is 2. The van der Waals surface area contributed by atoms with Gasteiger partial charge in [0.25, 0.3) is 0 Å². The summed E-state index contributed by atoms with van der Waals surface area (Å²) in [6, 6.07) is 19.0. The van der Waals surface area contributed by atoms with Gasteiger partial charge in [0.1, 0.15) is 5.71 Å². The molecule has 0 aliphatic carbocycles. The Kier molecular flexibility index (Phi) is 6.52. The lowest BCUT2D eigenvalue weighted by Gasteiger charge is -2.11. The number of aromatic nitrogens is 1. The maximum Gasteiger partial charge on any atom is 0.166 e. The molecule has 0 bridgehead atoms. The van der Waals surface area contributed by atoms with Crippen LogP contribution < -0.4 is 11.2 Å². The van der Waals surface area contributed by atoms with Crippen LogP contribution in [0.4, 0.5) is 21.5 Å². The largest absolute Gasteiger partial charge is 0.505 e. The van der Waals surface area contributed by atoms with Crippen LogP contribution in [0.15, 0.2) is 76.8 Å². The minimum absolute atomic E-state index is 0.310. The van der Waals surface area contributed by atoms with Gasteiger partial charge in [0.15, 0.2) is 11.6 Å². The molecule has 4 aromatic rings. The fraction of sp³-hybridized carbons (Fsp3) is 0. The Balaban J connectivity index is 1.64. The molecular formula is C23H16ClFIN5O. The van der Waals surface area contributed by atoms with Gasteiger partial charge in [-0.1, -0.05) is 17.7 Å². The Bertz CT molecular complexity index is 1360. The van der Waals surface area contributed by atoms with Crippen LogP contribution in [0.1, 0.15) is 5.69 Å². The van der Waals surface area contributed by atoms with Gasteiger partial charge in [-0.3, -0.25) is 4.99 Å². The predicted molar refractivity (Wildman–Crippen MR) is 136 cm³/mol. The van der Waals surface area contributed by atoms with Gasteiger partial charge in [0.2, 0.25) is 0 Å². The molecule has 3 aromatic carbocycles. The monoisotopic (exact) mass is 559 g/mol. The van der Waals surface area contributed by atoms with Crippen molar-refractivity contribution in [2.75, 3.05) is 5.32 Å². The first-order valence-electron chi connectivity index (χ1n) is 9.36. The van der Waals surface area contributed by atoms with E-state index in [1.807, 2.05) is 42.5 Å². The molecule has 1 aromatic heterocycles. The van der Waals surface area contributed by atoms with Gasteiger partial charge >= 0.3 is 0 Å². The summed E-state index contributed by atoms with van der Waals surface area (Å²) in [5.41, 5.74) is 3.62. The quantitative estimate of drug-likeness (QED) is 0.118. The molecule has 160 valence electrons. The van der Waals surface area contributed by atoms with E-state index >= 15 is 0 Å². The van der Waals surface area contributed by atoms with Crippen molar-refractivity contribution in [3.63, 3.8) is 0 Å². The van der Waals surface area contributed by atoms with E-state index in [9.17, 15) is 9.50 Å². The number of nitrogens with zero attached hydrogens (tertiary/aromatic N) is 3. The zero-order valence-corrected chi connectivity index (χ0v) is 19.3. The summed E-state index contributed by atoms with van der Waals surface area (Å²) < 4.78 is 14.5. The van der Waals surface area contributed by atoms with Crippen molar-refractivity contribution in [3.8, 4) is 5.75 Å². The summed E-state index contributed by atoms with van der Waals surface area (Å²) >= 11 is 8.38. The summed E-state index contributed by atoms with van der Waals surface area (Å²) in [7, 11) is 0. The molecule has 0 saturated carbocycles. The third-order valence-electron chi connectivity index (χ3n) is 4.54. The molecule has 0 amide bonds. The second-order valence-corrected chi connectivity index (χ2v) is 8.44. The summed E-state index contributed by atoms with van der Waals surface area (Å²) in [6.45, 7) is 0. The summed E-state index contributed by atoms with van der Waals surface area (Å²) in [5.74, 6) is 4.34. The van der Waals surface area contributed by atoms with Gasteiger partial charge in [0, 0.05) is 31.4 Å². The molecule has 4 N–H and O–H groups in total. The highest BCUT2D eigenvalue weighted by atomic mass is 127. The molecule has 32 heavy (non-hydrogen) atoms. The molecule has 0 unspecified atom stereocenters. The van der Waals surface area contributed by atoms with Gasteiger partial charge < -0.3 is 16.3 Å². The number of rotatable bonds is 5. The lowest BCUT2D eigenvalue weighted by molar-refractivity contribution is 0.432. The van der Waals surface area contributed by atoms with Crippen molar-refractivity contribution in [3.05, 3.63) is 86.8 Å². The lowest BCUT2D eigenvalue weighted by Crippen LogP contribution is -2.08. The first kappa shape index (κ1) is 22.0. The molecule has 0 atom stereocenters. The van der Waals surface area contributed by atoms with E-state index in [0.29, 0.717) is 22.1 Å². The number of benzene rings is 3. The van der Waals surface area contributed by atoms with Crippen molar-refractivity contribution in [2.24, 2.45) is 15.9 Å². The van der Waals surface area contributed by atoms with Crippen molar-refractivity contribution in [2.45, 2.75) is 0 Å². The molecule has 0 aliphatic rings. The van der Waals surface area contributed by atoms with Crippen LogP contribution in [0, 0.1) is 9.39 Å². The zero-order valence-electron chi connectivity index (χ0n) is 16.4. The van der Waals surface area contributed by atoms with Crippen molar-refractivity contribution < 1.29 is 9.50 Å². The molecular weight excluding hydrogens is 544 g/mol. The number of aromatic hydroxyl groups is 1. The van der Waals surface area contributed by atoms with Crippen LogP contribution in [0.5, 0.6) is 5.75 Å². The van der Waals surface area contributed by atoms with Crippen molar-refractivity contribution in [1.82, 2.24) is 4.98 Å². The van der Waals surface area contributed by atoms with E-state index in [1.165, 1.54) is 18.3 Å². The van der Waals surface area contributed by atoms with Crippen LogP contribution >= 0.6 is 34.2 Å². The number of halogens is 3. The minimum Gasteiger partial charge on any atom is -0.505 e. The SMILES string of the molecule is NN=C(C=Nc1ccc(O)c(F)c1)c1ccc2c(Nc3cc(Cl)cc(I)c3)cccc2n1. The average Bonchev–Trinajstić information content (AvgIpc) is 2.76. The Labute approximate surface area is 201 Å². The van der Waals surface area contributed by atoms with Crippen LogP contribution in [-0.4, -0.2) is 22.0 Å². The number of nitrogens with two attached hydrogens (primary N) is 1. The number of hydrogen-bond donors (Lipinski definition) is 3. The smallest absolute Gasteiger partial charge is 0.166 e. The average molecular weight is 560 g/mol. The molecule has 0 saturated heterocycles. The maximum absolute atomic E-state index is 13.5. The van der Waals surface area contributed by atoms with E-state index in [1.54, 1.807) is 6.07 Å². The Morgan fingerprint density at radius 3 is 2.72 bits per heavy atom. The van der Waals surface area contributed by atoms with Crippen molar-refractivity contribution >= 4 is 74.1 Å². The predicted octanol–water partition coefficient (Wildman–Crippen LogP) is 6.15. The van der Waals surface area contributed by atoms with Crippen LogP contribution in [-0.2, 0) is 0 Å². The number of phenolic OH excluding ortho intramolecular Hbond substituents is 1. The topological polar surface area (TPSA) is 95.9 Å². The number of nitrogens with one attached hydrogen (secondary N) is 1. The van der Waals surface area contributed by atoms with Gasteiger partial charge in [-0.2, -0.15) is 5.10 Å². The molecule has 0 fully saturated rings. The van der Waals surface area contributed by atoms with E-state index < -0.39 is 11.6 Å². The number of hydrogen-bond acceptors (Lipinski definition) is 6. The molecule has 6 nitrogen and oxygen atoms in total. The first-order chi connectivity index (χ1) is 15.4. The van der Waals surface area contributed by atoms with Gasteiger partial charge in [-0.05, 0) is 77.2 Å². The third kappa shape index (κ3) is 4.97. The van der Waals surface area contributed by atoms with Crippen LogP contribution in [0.25, 0.3) is 10.9 Å². The molecule has 9 heteroatoms. The van der Waals surface area contributed by atoms with E-state index in [-0.39, 0.29) is 0 Å². The maximum atomic E-state index is 13.5. The molecule has 0 spiro atoms. The van der Waals surface area contributed by atoms with E-state index in [0.717, 1.165) is 31.9 Å². The highest BCUT2D eigenvalue weighted by molar-refractivity contribution is 14.1. The number of phenols is 1. The molecule has 1 heterocycles. The van der Waals surface area contributed by atoms with E-state index in [4.69, 9.17) is 17.4 Å². The van der Waals surface area contributed by atoms with Crippen LogP contribution in [0.3, 0.4) is 0 Å². The van der Waals surface area contributed by atoms with Crippen LogP contribution in [0.2, 0.25) is 5.02 Å². The molecule has 4 rings (SSSR count). The fourth-order valence-corrected chi connectivity index (χ4v) is 4.16. The van der Waals surface area contributed by atoms with Gasteiger partial charge in [-0.15, -0.1) is 0 Å². The Hall–Kier alpha value is -3.24. The third-order valence-corrected chi connectivity index (χ3v) is 5.38. The first-order valence-corrected chi connectivity index (χ1v) is 10.8. The minimum atomic E-state index is -0.760. The highest BCUT2D eigenvalue weighted by Crippen LogP contribution is 2.28. The normalized spacial score (nSPS) is 11.9. The van der Waals surface area contributed by atoms with Crippen molar-refractivity contribution in [1.29, 1.82) is 0 Å². The zero-order chi connectivity index (χ0) is 22.7. The molecule has 0 aliphatic heterocycles. The number of aliphatic imine (C=N–C) groups is 1. The summed E-state index contributed by atoms with van der Waals surface area (Å²) in [6.07, 6.45) is 1.40. The molecule has 0 radical (unpaired) electrons. The number of hydrazone groups is 1. The fourth-order valence-electron chi connectivity index (χ4n) is 3.07. The lowest BCUT2D eigenvalue weighted by atomic mass is 10.1. The van der Waals surface area contributed by atoms with E-state index in [2.05, 4.69) is 43.0 Å². The van der Waals surface area contributed by atoms with Gasteiger partial charge in [0.05, 0.1) is 23.1 Å². The highest BCUT2D eigenvalue weighted by Gasteiger charge is 2.09. The Morgan fingerprint density at radius 2 is 1.97 bits per heavy atom.